The van der Waals surface area contributed by atoms with E-state index in [4.69, 9.17) is 0 Å². The van der Waals surface area contributed by atoms with Gasteiger partial charge >= 0.3 is 0 Å². The van der Waals surface area contributed by atoms with Crippen molar-refractivity contribution in [1.82, 2.24) is 0 Å². The number of hydrogen-bond donors (Lipinski definition) is 0. The molecule has 0 fully saturated rings. The number of hydrogen-bond acceptors (Lipinski definition) is 0. The van der Waals surface area contributed by atoms with Gasteiger partial charge in [-0.25, -0.2) is 5.57 Å². The van der Waals surface area contributed by atoms with Crippen LogP contribution in [0.25, 0.3) is 5.57 Å². The van der Waals surface area contributed by atoms with E-state index in [1.165, 1.54) is 36.8 Å². The summed E-state index contributed by atoms with van der Waals surface area (Å²) < 4.78 is 0. The normalized spacial score (nSPS) is 16.5. The molecule has 0 radical (unpaired) electrons. The van der Waals surface area contributed by atoms with E-state index in [9.17, 15) is 0 Å². The molecule has 1 aromatic carbocycles. The zero-order chi connectivity index (χ0) is 11.1. The molecule has 0 aliphatic heterocycles. The number of aryl methyl sites for hydroxylation is 1. The first-order valence-corrected chi connectivity index (χ1v) is 6.49. The van der Waals surface area contributed by atoms with Crippen molar-refractivity contribution in [1.29, 1.82) is 0 Å². The summed E-state index contributed by atoms with van der Waals surface area (Å²) >= 11 is 0. The van der Waals surface area contributed by atoms with Crippen molar-refractivity contribution in [3.8, 4) is 0 Å². The Balaban J connectivity index is 0.00000108. The van der Waals surface area contributed by atoms with Crippen LogP contribution in [0.15, 0.2) is 12.1 Å². The van der Waals surface area contributed by atoms with Crippen molar-refractivity contribution in [2.45, 2.75) is 46.0 Å². The minimum absolute atomic E-state index is 0. The molecule has 3 rings (SSSR count). The smallest absolute Gasteiger partial charge is 0 e. The number of allylic oxidation sites excluding steroid dienone is 2. The van der Waals surface area contributed by atoms with Gasteiger partial charge in [0.2, 0.25) is 0 Å². The standard InChI is InChI=1S/C16H19.Hf/c1-11(2)10-14-9-8-13-7-6-12-4-3-5-15(12)16(13)14;/h6-7,11H,3-5,8,10H2,1-2H3;/q-1;. The molecular formula is C16H19Hf-. The van der Waals surface area contributed by atoms with Gasteiger partial charge in [0.15, 0.2) is 0 Å². The Kier molecular flexibility index (Phi) is 4.07. The van der Waals surface area contributed by atoms with Crippen LogP contribution in [0.2, 0.25) is 0 Å². The van der Waals surface area contributed by atoms with E-state index in [0.717, 1.165) is 12.3 Å². The first kappa shape index (κ1) is 13.3. The van der Waals surface area contributed by atoms with E-state index >= 15 is 0 Å². The van der Waals surface area contributed by atoms with Gasteiger partial charge < -0.3 is 0 Å². The van der Waals surface area contributed by atoms with Gasteiger partial charge in [-0.3, -0.25) is 6.08 Å². The fourth-order valence-electron chi connectivity index (χ4n) is 3.11. The predicted molar refractivity (Wildman–Crippen MR) is 68.3 cm³/mol. The third-order valence-corrected chi connectivity index (χ3v) is 3.78. The van der Waals surface area contributed by atoms with E-state index in [-0.39, 0.29) is 25.8 Å². The van der Waals surface area contributed by atoms with Gasteiger partial charge in [-0.2, -0.15) is 5.56 Å². The van der Waals surface area contributed by atoms with Crippen molar-refractivity contribution in [2.24, 2.45) is 5.92 Å². The molecule has 0 heterocycles. The minimum Gasteiger partial charge on any atom is -0.268 e. The molecule has 0 saturated carbocycles. The Labute approximate surface area is 123 Å². The Bertz CT molecular complexity index is 455. The molecule has 0 unspecified atom stereocenters. The Morgan fingerprint density at radius 3 is 2.71 bits per heavy atom. The molecule has 0 aromatic heterocycles. The second kappa shape index (κ2) is 5.22. The Morgan fingerprint density at radius 2 is 1.94 bits per heavy atom. The molecule has 1 aromatic rings. The van der Waals surface area contributed by atoms with Crippen molar-refractivity contribution in [3.05, 3.63) is 40.5 Å². The molecule has 1 heteroatoms. The van der Waals surface area contributed by atoms with Crippen LogP contribution < -0.4 is 0 Å². The molecule has 88 valence electrons. The van der Waals surface area contributed by atoms with Gasteiger partial charge in [0.05, 0.1) is 0 Å². The molecule has 2 aliphatic rings. The minimum atomic E-state index is 0. The summed E-state index contributed by atoms with van der Waals surface area (Å²) in [5.41, 5.74) is 7.87. The van der Waals surface area contributed by atoms with Crippen LogP contribution in [0.4, 0.5) is 0 Å². The summed E-state index contributed by atoms with van der Waals surface area (Å²) in [6.07, 6.45) is 9.77. The molecule has 0 spiro atoms. The number of rotatable bonds is 2. The molecule has 0 amide bonds. The average molecular weight is 390 g/mol. The fourth-order valence-corrected chi connectivity index (χ4v) is 3.11. The van der Waals surface area contributed by atoms with Crippen LogP contribution in [-0.2, 0) is 45.1 Å². The monoisotopic (exact) mass is 391 g/mol. The topological polar surface area (TPSA) is 0 Å². The second-order valence-electron chi connectivity index (χ2n) is 5.52. The first-order chi connectivity index (χ1) is 7.75. The van der Waals surface area contributed by atoms with Crippen molar-refractivity contribution >= 4 is 5.57 Å². The quantitative estimate of drug-likeness (QED) is 0.530. The van der Waals surface area contributed by atoms with E-state index in [0.29, 0.717) is 0 Å². The SMILES string of the molecule is CC(C)CC1=[C-]Cc2ccc3c(c21)CCC3.[Hf]. The van der Waals surface area contributed by atoms with Gasteiger partial charge in [-0.1, -0.05) is 38.0 Å². The summed E-state index contributed by atoms with van der Waals surface area (Å²) in [5.74, 6) is 0.741. The van der Waals surface area contributed by atoms with E-state index in [1.807, 2.05) is 0 Å². The largest absolute Gasteiger partial charge is 0.268 e. The third kappa shape index (κ3) is 2.36. The van der Waals surface area contributed by atoms with Crippen molar-refractivity contribution in [3.63, 3.8) is 0 Å². The van der Waals surface area contributed by atoms with Crippen LogP contribution in [-0.4, -0.2) is 0 Å². The van der Waals surface area contributed by atoms with E-state index in [2.05, 4.69) is 32.1 Å². The van der Waals surface area contributed by atoms with Crippen LogP contribution >= 0.6 is 0 Å². The summed E-state index contributed by atoms with van der Waals surface area (Å²) in [5, 5.41) is 0. The van der Waals surface area contributed by atoms with Crippen molar-refractivity contribution in [2.75, 3.05) is 0 Å². The fraction of sp³-hybridized carbons (Fsp3) is 0.500. The molecule has 0 nitrogen and oxygen atoms in total. The third-order valence-electron chi connectivity index (χ3n) is 3.78. The van der Waals surface area contributed by atoms with Gasteiger partial charge in [0.25, 0.3) is 0 Å². The summed E-state index contributed by atoms with van der Waals surface area (Å²) in [7, 11) is 0. The summed E-state index contributed by atoms with van der Waals surface area (Å²) in [6, 6.07) is 4.68. The molecule has 0 bridgehead atoms. The maximum Gasteiger partial charge on any atom is 0 e. The summed E-state index contributed by atoms with van der Waals surface area (Å²) in [6.45, 7) is 4.60. The second-order valence-corrected chi connectivity index (χ2v) is 5.52. The zero-order valence-electron chi connectivity index (χ0n) is 10.8. The van der Waals surface area contributed by atoms with Crippen LogP contribution in [0.3, 0.4) is 0 Å². The Hall–Kier alpha value is -0.170. The number of fused-ring (bicyclic) bond motifs is 3. The molecule has 17 heavy (non-hydrogen) atoms. The first-order valence-electron chi connectivity index (χ1n) is 6.49. The maximum absolute atomic E-state index is 3.60. The Morgan fingerprint density at radius 1 is 1.18 bits per heavy atom. The predicted octanol–water partition coefficient (Wildman–Crippen LogP) is 3.96. The van der Waals surface area contributed by atoms with Crippen LogP contribution in [0.1, 0.15) is 48.9 Å². The van der Waals surface area contributed by atoms with E-state index < -0.39 is 0 Å². The zero-order valence-corrected chi connectivity index (χ0v) is 14.4. The van der Waals surface area contributed by atoms with Crippen LogP contribution in [0, 0.1) is 12.0 Å². The molecule has 2 aliphatic carbocycles. The average Bonchev–Trinajstić information content (AvgIpc) is 2.82. The molecule has 0 atom stereocenters. The van der Waals surface area contributed by atoms with Gasteiger partial charge in [-0.15, -0.1) is 17.5 Å². The van der Waals surface area contributed by atoms with Crippen LogP contribution in [0.5, 0.6) is 0 Å². The molecule has 0 N–H and O–H groups in total. The molecular weight excluding hydrogens is 371 g/mol. The van der Waals surface area contributed by atoms with Gasteiger partial charge in [0.1, 0.15) is 0 Å². The van der Waals surface area contributed by atoms with Gasteiger partial charge in [0, 0.05) is 25.8 Å². The van der Waals surface area contributed by atoms with Gasteiger partial charge in [-0.05, 0) is 25.2 Å². The summed E-state index contributed by atoms with van der Waals surface area (Å²) in [4.78, 5) is 0. The van der Waals surface area contributed by atoms with E-state index in [1.54, 1.807) is 16.7 Å². The van der Waals surface area contributed by atoms with Crippen molar-refractivity contribution < 1.29 is 25.8 Å². The molecule has 0 saturated heterocycles. The maximum atomic E-state index is 3.60. The number of benzene rings is 1.